The highest BCUT2D eigenvalue weighted by Gasteiger charge is 2.12. The minimum absolute atomic E-state index is 0.396. The Morgan fingerprint density at radius 2 is 1.58 bits per heavy atom. The van der Waals surface area contributed by atoms with Gasteiger partial charge in [-0.05, 0) is 46.9 Å². The molecule has 0 aliphatic heterocycles. The quantitative estimate of drug-likeness (QED) is 0.485. The van der Waals surface area contributed by atoms with Crippen molar-refractivity contribution in [3.63, 3.8) is 0 Å². The molecule has 1 heterocycles. The number of H-pyrrole nitrogens is 1. The second kappa shape index (κ2) is 5.30. The van der Waals surface area contributed by atoms with Crippen LogP contribution in [0.25, 0.3) is 22.6 Å². The Kier molecular flexibility index (Phi) is 3.52. The van der Waals surface area contributed by atoms with Gasteiger partial charge in [-0.1, -0.05) is 42.5 Å². The van der Waals surface area contributed by atoms with E-state index in [0.29, 0.717) is 4.84 Å². The maximum atomic E-state index is 5.64. The number of hydrogen-bond donors (Lipinski definition) is 1. The highest BCUT2D eigenvalue weighted by molar-refractivity contribution is 14.1. The number of halogens is 1. The van der Waals surface area contributed by atoms with Crippen molar-refractivity contribution in [1.29, 1.82) is 0 Å². The van der Waals surface area contributed by atoms with Crippen LogP contribution in [-0.2, 0) is 0 Å². The molecule has 2 aromatic carbocycles. The predicted octanol–water partition coefficient (Wildman–Crippen LogP) is 5.28. The second-order valence-corrected chi connectivity index (χ2v) is 5.71. The van der Waals surface area contributed by atoms with Gasteiger partial charge in [-0.3, -0.25) is 0 Å². The van der Waals surface area contributed by atoms with Crippen LogP contribution in [0.15, 0.2) is 59.0 Å². The predicted molar refractivity (Wildman–Crippen MR) is 87.5 cm³/mol. The first-order valence-electron chi connectivity index (χ1n) is 5.78. The van der Waals surface area contributed by atoms with E-state index in [0.717, 1.165) is 22.6 Å². The summed E-state index contributed by atoms with van der Waals surface area (Å²) in [7, 11) is 0. The highest BCUT2D eigenvalue weighted by Crippen LogP contribution is 2.31. The maximum Gasteiger partial charge on any atom is 0.266 e. The molecule has 4 heteroatoms. The summed E-state index contributed by atoms with van der Waals surface area (Å²) < 4.78 is 6.84. The van der Waals surface area contributed by atoms with Crippen LogP contribution in [-0.4, -0.2) is 4.98 Å². The SMILES string of the molecule is S=c1[nH]c(-c2ccc(I)cc2)c(-c2ccccc2)o1. The molecular weight excluding hydrogens is 369 g/mol. The zero-order chi connectivity index (χ0) is 13.2. The molecule has 3 rings (SSSR count). The molecule has 0 fully saturated rings. The molecule has 0 bridgehead atoms. The van der Waals surface area contributed by atoms with Gasteiger partial charge in [0.1, 0.15) is 0 Å². The van der Waals surface area contributed by atoms with Crippen molar-refractivity contribution in [2.45, 2.75) is 0 Å². The number of nitrogens with one attached hydrogen (secondary N) is 1. The zero-order valence-electron chi connectivity index (χ0n) is 9.89. The van der Waals surface area contributed by atoms with Gasteiger partial charge in [-0.25, -0.2) is 0 Å². The molecule has 0 saturated carbocycles. The number of rotatable bonds is 2. The maximum absolute atomic E-state index is 5.64. The Labute approximate surface area is 129 Å². The topological polar surface area (TPSA) is 28.9 Å². The lowest BCUT2D eigenvalue weighted by Gasteiger charge is -2.02. The van der Waals surface area contributed by atoms with Crippen LogP contribution in [0.5, 0.6) is 0 Å². The first kappa shape index (κ1) is 12.6. The van der Waals surface area contributed by atoms with E-state index in [9.17, 15) is 0 Å². The van der Waals surface area contributed by atoms with E-state index in [1.807, 2.05) is 30.3 Å². The fraction of sp³-hybridized carbons (Fsp3) is 0. The fourth-order valence-electron chi connectivity index (χ4n) is 1.94. The van der Waals surface area contributed by atoms with Crippen LogP contribution in [0.3, 0.4) is 0 Å². The third kappa shape index (κ3) is 2.64. The Morgan fingerprint density at radius 1 is 0.895 bits per heavy atom. The molecule has 0 aliphatic carbocycles. The number of benzene rings is 2. The smallest absolute Gasteiger partial charge is 0.266 e. The lowest BCUT2D eigenvalue weighted by molar-refractivity contribution is 0.554. The van der Waals surface area contributed by atoms with Crippen LogP contribution in [0.1, 0.15) is 0 Å². The Hall–Kier alpha value is -1.40. The van der Waals surface area contributed by atoms with Crippen molar-refractivity contribution in [1.82, 2.24) is 4.98 Å². The molecule has 0 aliphatic rings. The lowest BCUT2D eigenvalue weighted by Crippen LogP contribution is -1.82. The Morgan fingerprint density at radius 3 is 2.26 bits per heavy atom. The van der Waals surface area contributed by atoms with Gasteiger partial charge >= 0.3 is 0 Å². The molecule has 3 aromatic rings. The number of aromatic amines is 1. The highest BCUT2D eigenvalue weighted by atomic mass is 127. The van der Waals surface area contributed by atoms with Crippen molar-refractivity contribution in [2.75, 3.05) is 0 Å². The summed E-state index contributed by atoms with van der Waals surface area (Å²) >= 11 is 7.41. The van der Waals surface area contributed by atoms with Crippen LogP contribution < -0.4 is 0 Å². The summed E-state index contributed by atoms with van der Waals surface area (Å²) in [5, 5.41) is 0. The molecule has 94 valence electrons. The summed E-state index contributed by atoms with van der Waals surface area (Å²) in [6.07, 6.45) is 0. The van der Waals surface area contributed by atoms with E-state index in [4.69, 9.17) is 16.6 Å². The molecule has 2 nitrogen and oxygen atoms in total. The molecule has 0 unspecified atom stereocenters. The van der Waals surface area contributed by atoms with Crippen LogP contribution in [0.4, 0.5) is 0 Å². The van der Waals surface area contributed by atoms with Crippen LogP contribution >= 0.6 is 34.8 Å². The van der Waals surface area contributed by atoms with E-state index in [1.54, 1.807) is 0 Å². The molecular formula is C15H10INOS. The van der Waals surface area contributed by atoms with Gasteiger partial charge in [0.15, 0.2) is 5.76 Å². The van der Waals surface area contributed by atoms with Gasteiger partial charge in [-0.15, -0.1) is 0 Å². The normalized spacial score (nSPS) is 10.6. The van der Waals surface area contributed by atoms with E-state index in [1.165, 1.54) is 3.57 Å². The number of aromatic nitrogens is 1. The van der Waals surface area contributed by atoms with Gasteiger partial charge in [-0.2, -0.15) is 0 Å². The van der Waals surface area contributed by atoms with E-state index in [2.05, 4.69) is 51.8 Å². The first-order valence-corrected chi connectivity index (χ1v) is 7.27. The van der Waals surface area contributed by atoms with Crippen molar-refractivity contribution in [3.05, 3.63) is 63.0 Å². The molecule has 1 aromatic heterocycles. The standard InChI is InChI=1S/C15H10INOS/c16-12-8-6-10(7-9-12)13-14(18-15(19)17-13)11-4-2-1-3-5-11/h1-9H,(H,17,19). The largest absolute Gasteiger partial charge is 0.429 e. The average molecular weight is 379 g/mol. The average Bonchev–Trinajstić information content (AvgIpc) is 2.83. The minimum atomic E-state index is 0.396. The van der Waals surface area contributed by atoms with Gasteiger partial charge in [0.05, 0.1) is 5.69 Å². The number of oxazole rings is 1. The van der Waals surface area contributed by atoms with E-state index >= 15 is 0 Å². The van der Waals surface area contributed by atoms with Crippen molar-refractivity contribution >= 4 is 34.8 Å². The number of hydrogen-bond acceptors (Lipinski definition) is 2. The van der Waals surface area contributed by atoms with Gasteiger partial charge < -0.3 is 9.40 Å². The fourth-order valence-corrected chi connectivity index (χ4v) is 2.49. The molecule has 0 saturated heterocycles. The van der Waals surface area contributed by atoms with E-state index < -0.39 is 0 Å². The van der Waals surface area contributed by atoms with Crippen molar-refractivity contribution < 1.29 is 4.42 Å². The third-order valence-corrected chi connectivity index (χ3v) is 3.72. The Balaban J connectivity index is 2.17. The molecule has 19 heavy (non-hydrogen) atoms. The van der Waals surface area contributed by atoms with Crippen LogP contribution in [0, 0.1) is 8.41 Å². The Bertz CT molecular complexity index is 744. The zero-order valence-corrected chi connectivity index (χ0v) is 12.9. The molecule has 0 atom stereocenters. The summed E-state index contributed by atoms with van der Waals surface area (Å²) in [6.45, 7) is 0. The summed E-state index contributed by atoms with van der Waals surface area (Å²) in [4.78, 5) is 3.52. The van der Waals surface area contributed by atoms with Gasteiger partial charge in [0, 0.05) is 14.7 Å². The molecule has 0 amide bonds. The van der Waals surface area contributed by atoms with Crippen LogP contribution in [0.2, 0.25) is 0 Å². The second-order valence-electron chi connectivity index (χ2n) is 4.09. The summed E-state index contributed by atoms with van der Waals surface area (Å²) in [5.41, 5.74) is 3.01. The van der Waals surface area contributed by atoms with Crippen molar-refractivity contribution in [3.8, 4) is 22.6 Å². The monoisotopic (exact) mass is 379 g/mol. The van der Waals surface area contributed by atoms with Gasteiger partial charge in [0.2, 0.25) is 0 Å². The minimum Gasteiger partial charge on any atom is -0.429 e. The van der Waals surface area contributed by atoms with E-state index in [-0.39, 0.29) is 0 Å². The first-order chi connectivity index (χ1) is 9.24. The summed E-state index contributed by atoms with van der Waals surface area (Å²) in [5.74, 6) is 0.784. The summed E-state index contributed by atoms with van der Waals surface area (Å²) in [6, 6.07) is 18.2. The molecule has 0 radical (unpaired) electrons. The van der Waals surface area contributed by atoms with Crippen molar-refractivity contribution in [2.24, 2.45) is 0 Å². The van der Waals surface area contributed by atoms with Gasteiger partial charge in [0.25, 0.3) is 4.84 Å². The third-order valence-electron chi connectivity index (χ3n) is 2.82. The molecule has 1 N–H and O–H groups in total. The lowest BCUT2D eigenvalue weighted by atomic mass is 10.1. The molecule has 0 spiro atoms.